The maximum absolute atomic E-state index is 12.7. The molecule has 1 heterocycles. The van der Waals surface area contributed by atoms with E-state index in [9.17, 15) is 4.79 Å². The molecule has 1 unspecified atom stereocenters. The maximum Gasteiger partial charge on any atom is 0.174 e. The van der Waals surface area contributed by atoms with E-state index >= 15 is 0 Å². The van der Waals surface area contributed by atoms with Crippen molar-refractivity contribution in [3.8, 4) is 0 Å². The third-order valence-corrected chi connectivity index (χ3v) is 4.21. The zero-order valence-corrected chi connectivity index (χ0v) is 12.1. The largest absolute Gasteiger partial charge is 0.465 e. The molecule has 0 amide bonds. The van der Waals surface area contributed by atoms with Gasteiger partial charge < -0.3 is 4.42 Å². The van der Waals surface area contributed by atoms with Crippen LogP contribution in [0.3, 0.4) is 0 Å². The Morgan fingerprint density at radius 3 is 2.70 bits per heavy atom. The van der Waals surface area contributed by atoms with Crippen LogP contribution in [0.2, 0.25) is 0 Å². The molecule has 0 bridgehead atoms. The number of hydrogen-bond acceptors (Lipinski definition) is 2. The summed E-state index contributed by atoms with van der Waals surface area (Å²) in [6, 6.07) is 10.1. The second-order valence-corrected chi connectivity index (χ2v) is 5.57. The van der Waals surface area contributed by atoms with Crippen LogP contribution in [0.5, 0.6) is 0 Å². The fourth-order valence-corrected chi connectivity index (χ4v) is 3.11. The van der Waals surface area contributed by atoms with Gasteiger partial charge in [-0.1, -0.05) is 43.7 Å². The van der Waals surface area contributed by atoms with Crippen LogP contribution in [0.4, 0.5) is 0 Å². The van der Waals surface area contributed by atoms with Gasteiger partial charge in [-0.25, -0.2) is 0 Å². The number of unbranched alkanes of at least 4 members (excludes halogenated alkanes) is 1. The minimum atomic E-state index is -0.0170. The number of hydrogen-bond donors (Lipinski definition) is 0. The molecule has 2 heteroatoms. The summed E-state index contributed by atoms with van der Waals surface area (Å²) in [7, 11) is 0. The van der Waals surface area contributed by atoms with Crippen LogP contribution >= 0.6 is 0 Å². The van der Waals surface area contributed by atoms with Crippen molar-refractivity contribution in [1.29, 1.82) is 0 Å². The lowest BCUT2D eigenvalue weighted by Gasteiger charge is -2.09. The minimum absolute atomic E-state index is 0.0170. The molecule has 20 heavy (non-hydrogen) atoms. The highest BCUT2D eigenvalue weighted by atomic mass is 16.3. The molecular weight excluding hydrogens is 248 g/mol. The van der Waals surface area contributed by atoms with Crippen molar-refractivity contribution in [1.82, 2.24) is 0 Å². The van der Waals surface area contributed by atoms with Gasteiger partial charge in [-0.05, 0) is 25.3 Å². The van der Waals surface area contributed by atoms with Crippen molar-refractivity contribution in [3.05, 3.63) is 58.5 Å². The zero-order valence-electron chi connectivity index (χ0n) is 12.1. The molecule has 104 valence electrons. The number of aryl methyl sites for hydroxylation is 2. The Bertz CT molecular complexity index is 622. The Hall–Kier alpha value is -1.83. The molecule has 1 aromatic heterocycles. The van der Waals surface area contributed by atoms with Gasteiger partial charge >= 0.3 is 0 Å². The van der Waals surface area contributed by atoms with E-state index in [0.29, 0.717) is 0 Å². The van der Waals surface area contributed by atoms with Crippen LogP contribution in [0.15, 0.2) is 34.7 Å². The highest BCUT2D eigenvalue weighted by Gasteiger charge is 2.37. The van der Waals surface area contributed by atoms with Gasteiger partial charge in [0.15, 0.2) is 5.78 Å². The third kappa shape index (κ3) is 2.09. The Kier molecular flexibility index (Phi) is 3.47. The van der Waals surface area contributed by atoms with Crippen LogP contribution in [0.25, 0.3) is 0 Å². The quantitative estimate of drug-likeness (QED) is 0.819. The first kappa shape index (κ1) is 13.2. The molecule has 1 aliphatic rings. The predicted octanol–water partition coefficient (Wildman–Crippen LogP) is 4.45. The van der Waals surface area contributed by atoms with E-state index in [0.717, 1.165) is 53.9 Å². The zero-order chi connectivity index (χ0) is 14.1. The van der Waals surface area contributed by atoms with Gasteiger partial charge in [0, 0.05) is 12.0 Å². The molecule has 0 aliphatic heterocycles. The SMILES string of the molecule is CCCCc1oc(C)c2c1C(=O)C(c1ccccc1)C2. The highest BCUT2D eigenvalue weighted by molar-refractivity contribution is 6.06. The average molecular weight is 268 g/mol. The van der Waals surface area contributed by atoms with Crippen LogP contribution in [-0.4, -0.2) is 5.78 Å². The molecule has 1 atom stereocenters. The number of benzene rings is 1. The van der Waals surface area contributed by atoms with Crippen molar-refractivity contribution in [2.24, 2.45) is 0 Å². The first-order valence-corrected chi connectivity index (χ1v) is 7.42. The molecule has 0 saturated heterocycles. The molecule has 1 aromatic carbocycles. The van der Waals surface area contributed by atoms with E-state index in [1.54, 1.807) is 0 Å². The first-order chi connectivity index (χ1) is 9.72. The summed E-state index contributed by atoms with van der Waals surface area (Å²) >= 11 is 0. The fraction of sp³-hybridized carbons (Fsp3) is 0.389. The molecule has 0 fully saturated rings. The summed E-state index contributed by atoms with van der Waals surface area (Å²) < 4.78 is 5.82. The number of carbonyl (C=O) groups excluding carboxylic acids is 1. The van der Waals surface area contributed by atoms with Gasteiger partial charge in [-0.3, -0.25) is 4.79 Å². The average Bonchev–Trinajstić information content (AvgIpc) is 2.97. The summed E-state index contributed by atoms with van der Waals surface area (Å²) in [4.78, 5) is 12.7. The Labute approximate surface area is 119 Å². The molecule has 2 nitrogen and oxygen atoms in total. The van der Waals surface area contributed by atoms with Gasteiger partial charge in [0.1, 0.15) is 11.5 Å². The van der Waals surface area contributed by atoms with Crippen LogP contribution < -0.4 is 0 Å². The Morgan fingerprint density at radius 1 is 1.25 bits per heavy atom. The lowest BCUT2D eigenvalue weighted by molar-refractivity contribution is 0.0970. The van der Waals surface area contributed by atoms with Gasteiger partial charge in [-0.15, -0.1) is 0 Å². The van der Waals surface area contributed by atoms with Crippen molar-refractivity contribution in [2.45, 2.75) is 45.4 Å². The van der Waals surface area contributed by atoms with E-state index in [1.807, 2.05) is 37.3 Å². The Morgan fingerprint density at radius 2 is 2.00 bits per heavy atom. The van der Waals surface area contributed by atoms with E-state index < -0.39 is 0 Å². The van der Waals surface area contributed by atoms with Gasteiger partial charge in [-0.2, -0.15) is 0 Å². The normalized spacial score (nSPS) is 17.5. The van der Waals surface area contributed by atoms with E-state index in [4.69, 9.17) is 4.42 Å². The van der Waals surface area contributed by atoms with E-state index in [-0.39, 0.29) is 11.7 Å². The number of carbonyl (C=O) groups is 1. The first-order valence-electron chi connectivity index (χ1n) is 7.42. The van der Waals surface area contributed by atoms with Gasteiger partial charge in [0.25, 0.3) is 0 Å². The fourth-order valence-electron chi connectivity index (χ4n) is 3.11. The summed E-state index contributed by atoms with van der Waals surface area (Å²) in [5.74, 6) is 2.06. The number of ketones is 1. The van der Waals surface area contributed by atoms with Crippen molar-refractivity contribution < 1.29 is 9.21 Å². The molecule has 0 saturated carbocycles. The predicted molar refractivity (Wildman–Crippen MR) is 79.3 cm³/mol. The smallest absolute Gasteiger partial charge is 0.174 e. The summed E-state index contributed by atoms with van der Waals surface area (Å²) in [6.07, 6.45) is 3.85. The topological polar surface area (TPSA) is 30.2 Å². The summed E-state index contributed by atoms with van der Waals surface area (Å²) in [5, 5.41) is 0. The standard InChI is InChI=1S/C18H20O2/c1-3-4-10-16-17-14(12(2)20-16)11-15(18(17)19)13-8-6-5-7-9-13/h5-9,15H,3-4,10-11H2,1-2H3. The molecule has 1 aliphatic carbocycles. The highest BCUT2D eigenvalue weighted by Crippen LogP contribution is 2.39. The maximum atomic E-state index is 12.7. The van der Waals surface area contributed by atoms with Gasteiger partial charge in [0.05, 0.1) is 11.5 Å². The monoisotopic (exact) mass is 268 g/mol. The molecule has 3 rings (SSSR count). The molecular formula is C18H20O2. The van der Waals surface area contributed by atoms with E-state index in [2.05, 4.69) is 6.92 Å². The Balaban J connectivity index is 1.95. The number of Topliss-reactive ketones (excluding diaryl/α,β-unsaturated/α-hetero) is 1. The lowest BCUT2D eigenvalue weighted by atomic mass is 9.95. The molecule has 2 aromatic rings. The molecule has 0 spiro atoms. The second-order valence-electron chi connectivity index (χ2n) is 5.57. The third-order valence-electron chi connectivity index (χ3n) is 4.21. The van der Waals surface area contributed by atoms with E-state index in [1.165, 1.54) is 0 Å². The summed E-state index contributed by atoms with van der Waals surface area (Å²) in [5.41, 5.74) is 3.13. The number of fused-ring (bicyclic) bond motifs is 1. The van der Waals surface area contributed by atoms with Crippen molar-refractivity contribution >= 4 is 5.78 Å². The van der Waals surface area contributed by atoms with Crippen molar-refractivity contribution in [2.75, 3.05) is 0 Å². The van der Waals surface area contributed by atoms with Crippen LogP contribution in [0, 0.1) is 6.92 Å². The van der Waals surface area contributed by atoms with Gasteiger partial charge in [0.2, 0.25) is 0 Å². The lowest BCUT2D eigenvalue weighted by Crippen LogP contribution is -2.08. The van der Waals surface area contributed by atoms with Crippen LogP contribution in [0.1, 0.15) is 58.7 Å². The molecule has 0 N–H and O–H groups in total. The number of rotatable bonds is 4. The summed E-state index contributed by atoms with van der Waals surface area (Å²) in [6.45, 7) is 4.14. The van der Waals surface area contributed by atoms with Crippen molar-refractivity contribution in [3.63, 3.8) is 0 Å². The number of furan rings is 1. The minimum Gasteiger partial charge on any atom is -0.465 e. The second kappa shape index (κ2) is 5.28. The van der Waals surface area contributed by atoms with Crippen LogP contribution in [-0.2, 0) is 12.8 Å². The molecule has 0 radical (unpaired) electrons.